The Labute approximate surface area is 158 Å². The predicted octanol–water partition coefficient (Wildman–Crippen LogP) is 4.93. The molecule has 3 rings (SSSR count). The summed E-state index contributed by atoms with van der Waals surface area (Å²) in [7, 11) is 3.55. The number of carbonyl (C=O) groups excluding carboxylic acids is 1. The molecule has 0 bridgehead atoms. The van der Waals surface area contributed by atoms with Crippen molar-refractivity contribution < 1.29 is 13.6 Å². The van der Waals surface area contributed by atoms with E-state index in [1.54, 1.807) is 55.4 Å². The molecule has 0 heterocycles. The summed E-state index contributed by atoms with van der Waals surface area (Å²) in [4.78, 5) is 11.7. The summed E-state index contributed by atoms with van der Waals surface area (Å²) in [6.07, 6.45) is 0.833. The lowest BCUT2D eigenvalue weighted by atomic mass is 10.1. The molecule has 3 aromatic carbocycles. The van der Waals surface area contributed by atoms with Gasteiger partial charge in [0.15, 0.2) is 0 Å². The molecule has 0 aliphatic carbocycles. The van der Waals surface area contributed by atoms with E-state index in [2.05, 4.69) is 11.8 Å². The lowest BCUT2D eigenvalue weighted by Gasteiger charge is -2.12. The SMILES string of the molecule is CN(C)c1ccc(C#Cc2cccc(F)c2)cc1F.O=Cc1ccccc1. The molecule has 0 amide bonds. The van der Waals surface area contributed by atoms with Crippen molar-refractivity contribution in [2.45, 2.75) is 0 Å². The van der Waals surface area contributed by atoms with Crippen LogP contribution >= 0.6 is 0 Å². The fourth-order valence-electron chi connectivity index (χ4n) is 2.19. The van der Waals surface area contributed by atoms with Crippen LogP contribution in [0.4, 0.5) is 14.5 Å². The first-order valence-electron chi connectivity index (χ1n) is 8.24. The van der Waals surface area contributed by atoms with E-state index in [0.717, 1.165) is 11.8 Å². The molecule has 2 nitrogen and oxygen atoms in total. The number of hydrogen-bond acceptors (Lipinski definition) is 2. The summed E-state index contributed by atoms with van der Waals surface area (Å²) in [6, 6.07) is 19.9. The van der Waals surface area contributed by atoms with Crippen LogP contribution in [0.15, 0.2) is 72.8 Å². The molecule has 0 aliphatic rings. The van der Waals surface area contributed by atoms with Gasteiger partial charge in [-0.15, -0.1) is 0 Å². The van der Waals surface area contributed by atoms with Gasteiger partial charge in [-0.05, 0) is 36.4 Å². The number of nitrogens with zero attached hydrogens (tertiary/aromatic N) is 1. The Balaban J connectivity index is 0.000000273. The van der Waals surface area contributed by atoms with E-state index in [1.807, 2.05) is 18.2 Å². The molecule has 136 valence electrons. The van der Waals surface area contributed by atoms with Gasteiger partial charge >= 0.3 is 0 Å². The average molecular weight is 363 g/mol. The summed E-state index contributed by atoms with van der Waals surface area (Å²) >= 11 is 0. The average Bonchev–Trinajstić information content (AvgIpc) is 2.67. The monoisotopic (exact) mass is 363 g/mol. The van der Waals surface area contributed by atoms with Crippen LogP contribution in [0, 0.1) is 23.5 Å². The van der Waals surface area contributed by atoms with Gasteiger partial charge in [-0.3, -0.25) is 4.79 Å². The van der Waals surface area contributed by atoms with Crippen LogP contribution in [-0.2, 0) is 0 Å². The van der Waals surface area contributed by atoms with Gasteiger partial charge in [0.05, 0.1) is 5.69 Å². The summed E-state index contributed by atoms with van der Waals surface area (Å²) in [5, 5.41) is 0. The molecule has 0 unspecified atom stereocenters. The lowest BCUT2D eigenvalue weighted by molar-refractivity contribution is 0.112. The molecule has 27 heavy (non-hydrogen) atoms. The van der Waals surface area contributed by atoms with Crippen molar-refractivity contribution >= 4 is 12.0 Å². The van der Waals surface area contributed by atoms with Crippen LogP contribution in [0.3, 0.4) is 0 Å². The molecular formula is C23H19F2NO. The van der Waals surface area contributed by atoms with E-state index in [0.29, 0.717) is 16.8 Å². The third kappa shape index (κ3) is 6.41. The Hall–Kier alpha value is -3.45. The van der Waals surface area contributed by atoms with Gasteiger partial charge in [-0.1, -0.05) is 48.2 Å². The summed E-state index contributed by atoms with van der Waals surface area (Å²) < 4.78 is 26.7. The minimum atomic E-state index is -0.332. The van der Waals surface area contributed by atoms with E-state index in [1.165, 1.54) is 18.2 Å². The van der Waals surface area contributed by atoms with Crippen molar-refractivity contribution in [2.24, 2.45) is 0 Å². The zero-order valence-corrected chi connectivity index (χ0v) is 15.1. The third-order valence-corrected chi connectivity index (χ3v) is 3.54. The topological polar surface area (TPSA) is 20.3 Å². The van der Waals surface area contributed by atoms with Gasteiger partial charge in [0.25, 0.3) is 0 Å². The molecule has 3 aromatic rings. The van der Waals surface area contributed by atoms with Crippen LogP contribution in [0.1, 0.15) is 21.5 Å². The molecular weight excluding hydrogens is 344 g/mol. The fourth-order valence-corrected chi connectivity index (χ4v) is 2.19. The van der Waals surface area contributed by atoms with Crippen molar-refractivity contribution in [3.63, 3.8) is 0 Å². The lowest BCUT2D eigenvalue weighted by Crippen LogP contribution is -2.10. The van der Waals surface area contributed by atoms with Crippen LogP contribution in [-0.4, -0.2) is 20.4 Å². The first-order valence-corrected chi connectivity index (χ1v) is 8.24. The quantitative estimate of drug-likeness (QED) is 0.475. The second kappa shape index (κ2) is 9.88. The normalized spacial score (nSPS) is 9.33. The van der Waals surface area contributed by atoms with Gasteiger partial charge in [0.1, 0.15) is 17.9 Å². The fraction of sp³-hybridized carbons (Fsp3) is 0.0870. The molecule has 0 radical (unpaired) electrons. The Bertz CT molecular complexity index is 957. The Morgan fingerprint density at radius 3 is 2.00 bits per heavy atom. The van der Waals surface area contributed by atoms with Crippen molar-refractivity contribution in [3.05, 3.63) is 101 Å². The van der Waals surface area contributed by atoms with E-state index < -0.39 is 0 Å². The van der Waals surface area contributed by atoms with Gasteiger partial charge in [-0.25, -0.2) is 8.78 Å². The number of hydrogen-bond donors (Lipinski definition) is 0. The highest BCUT2D eigenvalue weighted by Crippen LogP contribution is 2.17. The maximum absolute atomic E-state index is 13.7. The second-order valence-corrected chi connectivity index (χ2v) is 5.85. The molecule has 4 heteroatoms. The zero-order chi connectivity index (χ0) is 19.6. The second-order valence-electron chi connectivity index (χ2n) is 5.85. The first-order chi connectivity index (χ1) is 13.0. The van der Waals surface area contributed by atoms with Crippen LogP contribution in [0.5, 0.6) is 0 Å². The van der Waals surface area contributed by atoms with Gasteiger partial charge in [-0.2, -0.15) is 0 Å². The minimum absolute atomic E-state index is 0.323. The van der Waals surface area contributed by atoms with Gasteiger partial charge in [0, 0.05) is 30.8 Å². The summed E-state index contributed by atoms with van der Waals surface area (Å²) in [6.45, 7) is 0. The van der Waals surface area contributed by atoms with E-state index in [4.69, 9.17) is 0 Å². The maximum atomic E-state index is 13.7. The molecule has 0 atom stereocenters. The molecule has 0 spiro atoms. The van der Waals surface area contributed by atoms with Crippen LogP contribution < -0.4 is 4.90 Å². The molecule has 0 aliphatic heterocycles. The van der Waals surface area contributed by atoms with Crippen molar-refractivity contribution in [3.8, 4) is 11.8 Å². The highest BCUT2D eigenvalue weighted by Gasteiger charge is 2.03. The molecule has 0 fully saturated rings. The van der Waals surface area contributed by atoms with E-state index in [-0.39, 0.29) is 11.6 Å². The third-order valence-electron chi connectivity index (χ3n) is 3.54. The predicted molar refractivity (Wildman–Crippen MR) is 105 cm³/mol. The van der Waals surface area contributed by atoms with E-state index >= 15 is 0 Å². The van der Waals surface area contributed by atoms with E-state index in [9.17, 15) is 13.6 Å². The van der Waals surface area contributed by atoms with Crippen molar-refractivity contribution in [1.29, 1.82) is 0 Å². The Morgan fingerprint density at radius 2 is 1.48 bits per heavy atom. The van der Waals surface area contributed by atoms with Gasteiger partial charge < -0.3 is 4.90 Å². The largest absolute Gasteiger partial charge is 0.375 e. The maximum Gasteiger partial charge on any atom is 0.150 e. The number of halogens is 2. The Morgan fingerprint density at radius 1 is 0.815 bits per heavy atom. The number of aldehydes is 1. The highest BCUT2D eigenvalue weighted by molar-refractivity contribution is 5.74. The number of carbonyl (C=O) groups is 1. The number of benzene rings is 3. The molecule has 0 N–H and O–H groups in total. The molecule has 0 saturated heterocycles. The standard InChI is InChI=1S/C16H13F2N.C7H6O/c1-19(2)16-9-8-13(11-15(16)18)7-6-12-4-3-5-14(17)10-12;8-6-7-4-2-1-3-5-7/h3-5,8-11H,1-2H3;1-6H. The van der Waals surface area contributed by atoms with Crippen molar-refractivity contribution in [1.82, 2.24) is 0 Å². The van der Waals surface area contributed by atoms with Crippen LogP contribution in [0.2, 0.25) is 0 Å². The number of anilines is 1. The first kappa shape index (κ1) is 19.9. The molecule has 0 saturated carbocycles. The van der Waals surface area contributed by atoms with Gasteiger partial charge in [0.2, 0.25) is 0 Å². The Kier molecular flexibility index (Phi) is 7.27. The summed E-state index contributed by atoms with van der Waals surface area (Å²) in [5.74, 6) is 4.97. The van der Waals surface area contributed by atoms with Crippen molar-refractivity contribution in [2.75, 3.05) is 19.0 Å². The highest BCUT2D eigenvalue weighted by atomic mass is 19.1. The van der Waals surface area contributed by atoms with Crippen LogP contribution in [0.25, 0.3) is 0 Å². The smallest absolute Gasteiger partial charge is 0.150 e. The molecule has 0 aromatic heterocycles. The zero-order valence-electron chi connectivity index (χ0n) is 15.1. The number of rotatable bonds is 2. The minimum Gasteiger partial charge on any atom is -0.375 e. The summed E-state index contributed by atoms with van der Waals surface area (Å²) in [5.41, 5.74) is 2.37.